The first-order chi connectivity index (χ1) is 6.70. The van der Waals surface area contributed by atoms with Gasteiger partial charge in [-0.3, -0.25) is 4.79 Å². The third kappa shape index (κ3) is 1.50. The maximum atomic E-state index is 11.1. The first kappa shape index (κ1) is 9.53. The summed E-state index contributed by atoms with van der Waals surface area (Å²) in [5.74, 6) is 0.899. The van der Waals surface area contributed by atoms with E-state index in [9.17, 15) is 4.79 Å². The molecule has 1 heterocycles. The second-order valence-corrected chi connectivity index (χ2v) is 3.78. The fourth-order valence-corrected chi connectivity index (χ4v) is 2.03. The largest absolute Gasteiger partial charge is 0.493 e. The summed E-state index contributed by atoms with van der Waals surface area (Å²) in [5, 5.41) is -0.393. The highest BCUT2D eigenvalue weighted by Crippen LogP contribution is 2.30. The molecule has 0 bridgehead atoms. The van der Waals surface area contributed by atoms with E-state index in [0.717, 1.165) is 36.3 Å². The van der Waals surface area contributed by atoms with Crippen LogP contribution in [0.3, 0.4) is 0 Å². The Hall–Kier alpha value is -1.02. The molecule has 74 valence electrons. The molecule has 0 N–H and O–H groups in total. The fourth-order valence-electron chi connectivity index (χ4n) is 1.82. The Balaban J connectivity index is 2.54. The van der Waals surface area contributed by atoms with Crippen LogP contribution >= 0.6 is 11.6 Å². The van der Waals surface area contributed by atoms with Crippen molar-refractivity contribution in [1.82, 2.24) is 0 Å². The zero-order valence-corrected chi connectivity index (χ0v) is 8.73. The van der Waals surface area contributed by atoms with E-state index in [1.54, 1.807) is 6.07 Å². The Morgan fingerprint density at radius 1 is 1.50 bits per heavy atom. The summed E-state index contributed by atoms with van der Waals surface area (Å²) in [6.45, 7) is 2.68. The van der Waals surface area contributed by atoms with E-state index < -0.39 is 5.24 Å². The number of hydrogen-bond acceptors (Lipinski definition) is 2. The maximum absolute atomic E-state index is 11.1. The zero-order chi connectivity index (χ0) is 10.1. The van der Waals surface area contributed by atoms with Crippen molar-refractivity contribution in [3.05, 3.63) is 28.8 Å². The number of carbonyl (C=O) groups excluding carboxylic acids is 1. The summed E-state index contributed by atoms with van der Waals surface area (Å²) in [7, 11) is 0. The molecule has 2 rings (SSSR count). The van der Waals surface area contributed by atoms with E-state index in [1.807, 2.05) is 13.0 Å². The molecule has 0 amide bonds. The molecule has 0 saturated heterocycles. The van der Waals surface area contributed by atoms with Crippen molar-refractivity contribution in [3.63, 3.8) is 0 Å². The molecule has 0 saturated carbocycles. The second-order valence-electron chi connectivity index (χ2n) is 3.44. The highest BCUT2D eigenvalue weighted by atomic mass is 35.5. The zero-order valence-electron chi connectivity index (χ0n) is 7.97. The highest BCUT2D eigenvalue weighted by Gasteiger charge is 2.17. The monoisotopic (exact) mass is 210 g/mol. The standard InChI is InChI=1S/C11H11ClO2/c1-7-8-3-2-6-14-10(8)5-4-9(7)11(12)13/h4-5H,2-3,6H2,1H3. The Morgan fingerprint density at radius 2 is 2.29 bits per heavy atom. The Kier molecular flexibility index (Phi) is 2.46. The molecular weight excluding hydrogens is 200 g/mol. The van der Waals surface area contributed by atoms with Crippen molar-refractivity contribution in [3.8, 4) is 5.75 Å². The third-order valence-corrected chi connectivity index (χ3v) is 2.80. The van der Waals surface area contributed by atoms with Crippen LogP contribution in [0.5, 0.6) is 5.75 Å². The van der Waals surface area contributed by atoms with Gasteiger partial charge in [0.25, 0.3) is 5.24 Å². The lowest BCUT2D eigenvalue weighted by molar-refractivity contribution is 0.108. The lowest BCUT2D eigenvalue weighted by Gasteiger charge is -2.20. The molecule has 0 atom stereocenters. The highest BCUT2D eigenvalue weighted by molar-refractivity contribution is 6.67. The third-order valence-electron chi connectivity index (χ3n) is 2.60. The number of ether oxygens (including phenoxy) is 1. The maximum Gasteiger partial charge on any atom is 0.252 e. The van der Waals surface area contributed by atoms with Crippen molar-refractivity contribution in [2.45, 2.75) is 19.8 Å². The van der Waals surface area contributed by atoms with E-state index in [4.69, 9.17) is 16.3 Å². The SMILES string of the molecule is Cc1c(C(=O)Cl)ccc2c1CCCO2. The molecule has 3 heteroatoms. The molecular formula is C11H11ClO2. The number of rotatable bonds is 1. The summed E-state index contributed by atoms with van der Waals surface area (Å²) in [6, 6.07) is 3.56. The van der Waals surface area contributed by atoms with Crippen LogP contribution in [-0.2, 0) is 6.42 Å². The van der Waals surface area contributed by atoms with Gasteiger partial charge < -0.3 is 4.74 Å². The van der Waals surface area contributed by atoms with Crippen molar-refractivity contribution in [2.75, 3.05) is 6.61 Å². The molecule has 0 aliphatic carbocycles. The lowest BCUT2D eigenvalue weighted by Crippen LogP contribution is -2.11. The summed E-state index contributed by atoms with van der Waals surface area (Å²) >= 11 is 5.47. The smallest absolute Gasteiger partial charge is 0.252 e. The van der Waals surface area contributed by atoms with Crippen LogP contribution in [-0.4, -0.2) is 11.8 Å². The molecule has 0 spiro atoms. The van der Waals surface area contributed by atoms with Crippen molar-refractivity contribution >= 4 is 16.8 Å². The Bertz CT molecular complexity index is 385. The molecule has 1 aromatic rings. The van der Waals surface area contributed by atoms with E-state index in [1.165, 1.54) is 0 Å². The van der Waals surface area contributed by atoms with Crippen molar-refractivity contribution < 1.29 is 9.53 Å². The number of carbonyl (C=O) groups is 1. The minimum Gasteiger partial charge on any atom is -0.493 e. The van der Waals surface area contributed by atoms with Gasteiger partial charge in [-0.15, -0.1) is 0 Å². The fraction of sp³-hybridized carbons (Fsp3) is 0.364. The number of halogens is 1. The van der Waals surface area contributed by atoms with Gasteiger partial charge in [0.15, 0.2) is 0 Å². The van der Waals surface area contributed by atoms with Gasteiger partial charge in [0.2, 0.25) is 0 Å². The first-order valence-corrected chi connectivity index (χ1v) is 5.03. The topological polar surface area (TPSA) is 26.3 Å². The van der Waals surface area contributed by atoms with Gasteiger partial charge in [-0.2, -0.15) is 0 Å². The average Bonchev–Trinajstić information content (AvgIpc) is 2.18. The van der Waals surface area contributed by atoms with Gasteiger partial charge >= 0.3 is 0 Å². The molecule has 2 nitrogen and oxygen atoms in total. The minimum atomic E-state index is -0.393. The van der Waals surface area contributed by atoms with Gasteiger partial charge in [-0.05, 0) is 54.6 Å². The summed E-state index contributed by atoms with van der Waals surface area (Å²) in [6.07, 6.45) is 1.98. The molecule has 0 aromatic heterocycles. The van der Waals surface area contributed by atoms with Crippen molar-refractivity contribution in [2.24, 2.45) is 0 Å². The van der Waals surface area contributed by atoms with Crippen LogP contribution in [0.2, 0.25) is 0 Å². The van der Waals surface area contributed by atoms with E-state index in [2.05, 4.69) is 0 Å². The molecule has 14 heavy (non-hydrogen) atoms. The second kappa shape index (κ2) is 3.62. The number of benzene rings is 1. The summed E-state index contributed by atoms with van der Waals surface area (Å²) in [5.41, 5.74) is 2.68. The van der Waals surface area contributed by atoms with Gasteiger partial charge in [-0.1, -0.05) is 0 Å². The minimum absolute atomic E-state index is 0.393. The Labute approximate surface area is 87.8 Å². The van der Waals surface area contributed by atoms with Crippen LogP contribution in [0.1, 0.15) is 27.9 Å². The normalized spacial score (nSPS) is 14.4. The lowest BCUT2D eigenvalue weighted by atomic mass is 9.97. The number of hydrogen-bond donors (Lipinski definition) is 0. The summed E-state index contributed by atoms with van der Waals surface area (Å²) < 4.78 is 5.48. The summed E-state index contributed by atoms with van der Waals surface area (Å²) in [4.78, 5) is 11.1. The van der Waals surface area contributed by atoms with E-state index in [-0.39, 0.29) is 0 Å². The van der Waals surface area contributed by atoms with Crippen LogP contribution < -0.4 is 4.74 Å². The van der Waals surface area contributed by atoms with Crippen LogP contribution in [0.25, 0.3) is 0 Å². The van der Waals surface area contributed by atoms with Crippen LogP contribution in [0, 0.1) is 6.92 Å². The van der Waals surface area contributed by atoms with Gasteiger partial charge in [-0.25, -0.2) is 0 Å². The van der Waals surface area contributed by atoms with Gasteiger partial charge in [0, 0.05) is 5.56 Å². The number of fused-ring (bicyclic) bond motifs is 1. The van der Waals surface area contributed by atoms with E-state index >= 15 is 0 Å². The molecule has 1 aromatic carbocycles. The molecule has 0 radical (unpaired) electrons. The predicted octanol–water partition coefficient (Wildman–Crippen LogP) is 2.70. The van der Waals surface area contributed by atoms with Gasteiger partial charge in [0.1, 0.15) is 5.75 Å². The quantitative estimate of drug-likeness (QED) is 0.667. The van der Waals surface area contributed by atoms with Crippen LogP contribution in [0.4, 0.5) is 0 Å². The van der Waals surface area contributed by atoms with Crippen LogP contribution in [0.15, 0.2) is 12.1 Å². The van der Waals surface area contributed by atoms with E-state index in [0.29, 0.717) is 5.56 Å². The predicted molar refractivity (Wildman–Crippen MR) is 55.2 cm³/mol. The Morgan fingerprint density at radius 3 is 3.00 bits per heavy atom. The van der Waals surface area contributed by atoms with Gasteiger partial charge in [0.05, 0.1) is 6.61 Å². The molecule has 1 aliphatic rings. The average molecular weight is 211 g/mol. The van der Waals surface area contributed by atoms with Crippen molar-refractivity contribution in [1.29, 1.82) is 0 Å². The molecule has 0 unspecified atom stereocenters. The molecule has 0 fully saturated rings. The first-order valence-electron chi connectivity index (χ1n) is 4.65. The molecule has 1 aliphatic heterocycles.